The van der Waals surface area contributed by atoms with Crippen LogP contribution in [0.3, 0.4) is 0 Å². The number of benzene rings is 1. The smallest absolute Gasteiger partial charge is 0.321 e. The van der Waals surface area contributed by atoms with Crippen LogP contribution in [0.15, 0.2) is 24.3 Å². The Labute approximate surface area is 123 Å². The van der Waals surface area contributed by atoms with Gasteiger partial charge in [-0.05, 0) is 30.5 Å². The summed E-state index contributed by atoms with van der Waals surface area (Å²) in [4.78, 5) is 11.1. The number of carboxylic acids is 1. The summed E-state index contributed by atoms with van der Waals surface area (Å²) in [6, 6.07) is 3.78. The summed E-state index contributed by atoms with van der Waals surface area (Å²) < 4.78 is 43.6. The molecular weight excluding hydrogens is 301 g/mol. The maximum absolute atomic E-state index is 12.8. The number of halogens is 1. The molecule has 1 rings (SSSR count). The molecule has 2 N–H and O–H groups in total. The first-order valence-corrected chi connectivity index (χ1v) is 7.95. The second-order valence-electron chi connectivity index (χ2n) is 4.53. The number of hydrogen-bond donors (Lipinski definition) is 2. The maximum Gasteiger partial charge on any atom is 0.321 e. The molecular formula is C13H18FNO5S. The van der Waals surface area contributed by atoms with E-state index >= 15 is 0 Å². The standard InChI is InChI=1S/C13H18FNO5S/c1-20-8-2-3-12(13(16)17)15-21(18,19)9-10-4-6-11(14)7-5-10/h4-7,12,15H,2-3,8-9H2,1H3,(H,16,17). The number of carbonyl (C=O) groups is 1. The van der Waals surface area contributed by atoms with Crippen LogP contribution in [0.25, 0.3) is 0 Å². The molecule has 0 aliphatic rings. The average molecular weight is 319 g/mol. The van der Waals surface area contributed by atoms with E-state index in [2.05, 4.69) is 4.72 Å². The lowest BCUT2D eigenvalue weighted by molar-refractivity contribution is -0.139. The summed E-state index contributed by atoms with van der Waals surface area (Å²) in [6.07, 6.45) is 0.554. The molecule has 0 spiro atoms. The Balaban J connectivity index is 2.67. The number of nitrogens with one attached hydrogen (secondary N) is 1. The highest BCUT2D eigenvalue weighted by Gasteiger charge is 2.23. The zero-order chi connectivity index (χ0) is 15.9. The Hall–Kier alpha value is -1.51. The van der Waals surface area contributed by atoms with Crippen molar-refractivity contribution < 1.29 is 27.4 Å². The topological polar surface area (TPSA) is 92.7 Å². The van der Waals surface area contributed by atoms with Crippen LogP contribution in [0.5, 0.6) is 0 Å². The predicted octanol–water partition coefficient (Wildman–Crippen LogP) is 1.12. The lowest BCUT2D eigenvalue weighted by atomic mass is 10.2. The Kier molecular flexibility index (Phi) is 6.73. The first-order valence-electron chi connectivity index (χ1n) is 6.30. The predicted molar refractivity (Wildman–Crippen MR) is 74.7 cm³/mol. The van der Waals surface area contributed by atoms with E-state index in [1.165, 1.54) is 19.2 Å². The van der Waals surface area contributed by atoms with Crippen molar-refractivity contribution in [1.29, 1.82) is 0 Å². The van der Waals surface area contributed by atoms with Gasteiger partial charge in [0.15, 0.2) is 0 Å². The molecule has 118 valence electrons. The van der Waals surface area contributed by atoms with Gasteiger partial charge in [0, 0.05) is 13.7 Å². The number of carboxylic acid groups (broad SMARTS) is 1. The minimum absolute atomic E-state index is 0.131. The molecule has 0 amide bonds. The van der Waals surface area contributed by atoms with E-state index in [9.17, 15) is 17.6 Å². The van der Waals surface area contributed by atoms with Crippen LogP contribution >= 0.6 is 0 Å². The molecule has 1 aromatic rings. The zero-order valence-electron chi connectivity index (χ0n) is 11.6. The number of hydrogen-bond acceptors (Lipinski definition) is 4. The average Bonchev–Trinajstić information content (AvgIpc) is 2.40. The molecule has 0 heterocycles. The monoisotopic (exact) mass is 319 g/mol. The molecule has 1 unspecified atom stereocenters. The fourth-order valence-corrected chi connectivity index (χ4v) is 3.09. The third-order valence-electron chi connectivity index (χ3n) is 2.73. The summed E-state index contributed by atoms with van der Waals surface area (Å²) in [5.41, 5.74) is 0.380. The van der Waals surface area contributed by atoms with Gasteiger partial charge in [-0.1, -0.05) is 12.1 Å². The van der Waals surface area contributed by atoms with Gasteiger partial charge in [-0.3, -0.25) is 4.79 Å². The quantitative estimate of drug-likeness (QED) is 0.666. The Morgan fingerprint density at radius 2 is 2.00 bits per heavy atom. The molecule has 6 nitrogen and oxygen atoms in total. The number of rotatable bonds is 9. The molecule has 0 aliphatic heterocycles. The number of sulfonamides is 1. The van der Waals surface area contributed by atoms with Crippen molar-refractivity contribution >= 4 is 16.0 Å². The van der Waals surface area contributed by atoms with Crippen LogP contribution < -0.4 is 4.72 Å². The molecule has 0 saturated heterocycles. The largest absolute Gasteiger partial charge is 0.480 e. The maximum atomic E-state index is 12.8. The first-order chi connectivity index (χ1) is 9.84. The van der Waals surface area contributed by atoms with E-state index in [4.69, 9.17) is 9.84 Å². The van der Waals surface area contributed by atoms with Crippen molar-refractivity contribution in [2.75, 3.05) is 13.7 Å². The lowest BCUT2D eigenvalue weighted by Gasteiger charge is -2.14. The van der Waals surface area contributed by atoms with E-state index in [0.29, 0.717) is 18.6 Å². The third-order valence-corrected chi connectivity index (χ3v) is 4.09. The summed E-state index contributed by atoms with van der Waals surface area (Å²) in [5, 5.41) is 9.02. The van der Waals surface area contributed by atoms with Gasteiger partial charge in [-0.2, -0.15) is 0 Å². The van der Waals surface area contributed by atoms with Crippen molar-refractivity contribution in [3.05, 3.63) is 35.6 Å². The highest BCUT2D eigenvalue weighted by atomic mass is 32.2. The van der Waals surface area contributed by atoms with Crippen LogP contribution in [0.1, 0.15) is 18.4 Å². The molecule has 0 aliphatic carbocycles. The molecule has 0 radical (unpaired) electrons. The number of aliphatic carboxylic acids is 1. The van der Waals surface area contributed by atoms with E-state index in [0.717, 1.165) is 12.1 Å². The minimum Gasteiger partial charge on any atom is -0.480 e. The van der Waals surface area contributed by atoms with Crippen LogP contribution in [-0.4, -0.2) is 39.3 Å². The molecule has 0 bridgehead atoms. The molecule has 8 heteroatoms. The molecule has 0 saturated carbocycles. The second kappa shape index (κ2) is 8.06. The van der Waals surface area contributed by atoms with Crippen molar-refractivity contribution in [3.8, 4) is 0 Å². The van der Waals surface area contributed by atoms with Crippen molar-refractivity contribution in [3.63, 3.8) is 0 Å². The Bertz CT molecular complexity index is 558. The summed E-state index contributed by atoms with van der Waals surface area (Å²) in [5.74, 6) is -2.11. The third kappa shape index (κ3) is 6.65. The van der Waals surface area contributed by atoms with E-state index in [1.807, 2.05) is 0 Å². The van der Waals surface area contributed by atoms with Crippen LogP contribution in [0.2, 0.25) is 0 Å². The molecule has 0 aromatic heterocycles. The van der Waals surface area contributed by atoms with Gasteiger partial charge in [0.2, 0.25) is 10.0 Å². The van der Waals surface area contributed by atoms with Gasteiger partial charge >= 0.3 is 5.97 Å². The van der Waals surface area contributed by atoms with Gasteiger partial charge in [-0.15, -0.1) is 0 Å². The van der Waals surface area contributed by atoms with Gasteiger partial charge in [0.25, 0.3) is 0 Å². The Morgan fingerprint density at radius 3 is 2.52 bits per heavy atom. The lowest BCUT2D eigenvalue weighted by Crippen LogP contribution is -2.41. The SMILES string of the molecule is COCCCC(NS(=O)(=O)Cc1ccc(F)cc1)C(=O)O. The van der Waals surface area contributed by atoms with Crippen LogP contribution in [-0.2, 0) is 25.3 Å². The fraction of sp³-hybridized carbons (Fsp3) is 0.462. The van der Waals surface area contributed by atoms with E-state index < -0.39 is 33.6 Å². The summed E-state index contributed by atoms with van der Waals surface area (Å²) >= 11 is 0. The van der Waals surface area contributed by atoms with E-state index in [-0.39, 0.29) is 6.42 Å². The van der Waals surface area contributed by atoms with Gasteiger partial charge in [0.05, 0.1) is 5.75 Å². The number of methoxy groups -OCH3 is 1. The summed E-state index contributed by atoms with van der Waals surface area (Å²) in [6.45, 7) is 0.351. The first kappa shape index (κ1) is 17.5. The molecule has 1 aromatic carbocycles. The summed E-state index contributed by atoms with van der Waals surface area (Å²) in [7, 11) is -2.34. The van der Waals surface area contributed by atoms with Gasteiger partial charge in [0.1, 0.15) is 11.9 Å². The van der Waals surface area contributed by atoms with Gasteiger partial charge in [-0.25, -0.2) is 17.5 Å². The zero-order valence-corrected chi connectivity index (χ0v) is 12.4. The van der Waals surface area contributed by atoms with Crippen LogP contribution in [0, 0.1) is 5.82 Å². The minimum atomic E-state index is -3.82. The molecule has 21 heavy (non-hydrogen) atoms. The second-order valence-corrected chi connectivity index (χ2v) is 6.28. The van der Waals surface area contributed by atoms with Crippen molar-refractivity contribution in [1.82, 2.24) is 4.72 Å². The van der Waals surface area contributed by atoms with Crippen molar-refractivity contribution in [2.24, 2.45) is 0 Å². The van der Waals surface area contributed by atoms with Crippen molar-refractivity contribution in [2.45, 2.75) is 24.6 Å². The molecule has 1 atom stereocenters. The van der Waals surface area contributed by atoms with Gasteiger partial charge < -0.3 is 9.84 Å². The number of ether oxygens (including phenoxy) is 1. The van der Waals surface area contributed by atoms with Crippen LogP contribution in [0.4, 0.5) is 4.39 Å². The normalized spacial score (nSPS) is 13.0. The molecule has 0 fully saturated rings. The Morgan fingerprint density at radius 1 is 1.38 bits per heavy atom. The van der Waals surface area contributed by atoms with E-state index in [1.54, 1.807) is 0 Å². The highest BCUT2D eigenvalue weighted by molar-refractivity contribution is 7.88. The highest BCUT2D eigenvalue weighted by Crippen LogP contribution is 2.08. The fourth-order valence-electron chi connectivity index (χ4n) is 1.72.